The number of carbonyl (C=O) groups excluding carboxylic acids is 4. The second-order valence-electron chi connectivity index (χ2n) is 14.6. The molecule has 4 N–H and O–H groups in total. The first-order valence-electron chi connectivity index (χ1n) is 18.9. The van der Waals surface area contributed by atoms with Gasteiger partial charge < -0.3 is 39.9 Å². The summed E-state index contributed by atoms with van der Waals surface area (Å²) in [6, 6.07) is 10.0. The van der Waals surface area contributed by atoms with Gasteiger partial charge in [-0.1, -0.05) is 63.9 Å². The molecule has 56 heavy (non-hydrogen) atoms. The highest BCUT2D eigenvalue weighted by molar-refractivity contribution is 5.99. The number of nitrogens with one attached hydrogen (secondary N) is 4. The minimum absolute atomic E-state index is 0.124. The molecule has 2 aromatic carbocycles. The number of nitrogens with zero attached hydrogens (tertiary/aromatic N) is 4. The van der Waals surface area contributed by atoms with E-state index in [1.54, 1.807) is 16.0 Å². The second kappa shape index (κ2) is 17.5. The van der Waals surface area contributed by atoms with E-state index < -0.39 is 24.3 Å². The molecular formula is C42H48N8O6. The predicted octanol–water partition coefficient (Wildman–Crippen LogP) is 5.44. The molecule has 0 radical (unpaired) electrons. The number of hydrogen-bond donors (Lipinski definition) is 4. The van der Waals surface area contributed by atoms with Gasteiger partial charge in [0.15, 0.2) is 0 Å². The van der Waals surface area contributed by atoms with E-state index in [4.69, 9.17) is 14.5 Å². The Kier molecular flexibility index (Phi) is 12.3. The molecule has 292 valence electrons. The zero-order valence-corrected chi connectivity index (χ0v) is 32.6. The minimum atomic E-state index is -0.712. The SMILES string of the molecule is COC(=O)N[C@H](C(=O)N1CCC[C@H]1c1nc(C#CC#Cc2cccc3c(-c4c[nH]c([C@@H]5CCCN5C(=O)[C@@H](NC(=O)OC)C(C)C)n4)cccc23)c[nH]1)C(C)C. The van der Waals surface area contributed by atoms with Crippen molar-refractivity contribution in [1.82, 2.24) is 40.4 Å². The molecule has 14 nitrogen and oxygen atoms in total. The Bertz CT molecular complexity index is 2220. The fourth-order valence-electron chi connectivity index (χ4n) is 7.44. The van der Waals surface area contributed by atoms with Crippen LogP contribution in [-0.2, 0) is 19.1 Å². The molecule has 4 aromatic rings. The lowest BCUT2D eigenvalue weighted by Crippen LogP contribution is -2.51. The molecule has 6 rings (SSSR count). The molecule has 0 aliphatic carbocycles. The number of rotatable bonds is 9. The number of amides is 4. The van der Waals surface area contributed by atoms with E-state index in [2.05, 4.69) is 49.3 Å². The zero-order chi connectivity index (χ0) is 39.9. The van der Waals surface area contributed by atoms with Crippen molar-refractivity contribution in [3.05, 3.63) is 71.7 Å². The van der Waals surface area contributed by atoms with Gasteiger partial charge in [-0.15, -0.1) is 0 Å². The Morgan fingerprint density at radius 3 is 1.86 bits per heavy atom. The van der Waals surface area contributed by atoms with Gasteiger partial charge in [-0.05, 0) is 72.1 Å². The number of aromatic nitrogens is 4. The maximum absolute atomic E-state index is 13.6. The van der Waals surface area contributed by atoms with Gasteiger partial charge in [-0.3, -0.25) is 9.59 Å². The monoisotopic (exact) mass is 760 g/mol. The summed E-state index contributed by atoms with van der Waals surface area (Å²) in [5, 5.41) is 7.28. The third-order valence-corrected chi connectivity index (χ3v) is 10.3. The van der Waals surface area contributed by atoms with Crippen LogP contribution in [0.25, 0.3) is 22.0 Å². The van der Waals surface area contributed by atoms with Crippen molar-refractivity contribution >= 4 is 34.8 Å². The molecule has 2 saturated heterocycles. The van der Waals surface area contributed by atoms with Crippen molar-refractivity contribution in [2.45, 2.75) is 77.5 Å². The van der Waals surface area contributed by atoms with Crippen molar-refractivity contribution in [2.75, 3.05) is 27.3 Å². The number of hydrogen-bond acceptors (Lipinski definition) is 8. The normalized spacial score (nSPS) is 17.5. The van der Waals surface area contributed by atoms with Crippen LogP contribution in [0.4, 0.5) is 9.59 Å². The molecule has 2 fully saturated rings. The summed E-state index contributed by atoms with van der Waals surface area (Å²) in [5.41, 5.74) is 2.99. The summed E-state index contributed by atoms with van der Waals surface area (Å²) in [6.45, 7) is 8.68. The number of fused-ring (bicyclic) bond motifs is 1. The van der Waals surface area contributed by atoms with Crippen molar-refractivity contribution < 1.29 is 28.7 Å². The highest BCUT2D eigenvalue weighted by atomic mass is 16.5. The summed E-state index contributed by atoms with van der Waals surface area (Å²) in [7, 11) is 2.56. The maximum Gasteiger partial charge on any atom is 0.407 e. The first-order valence-corrected chi connectivity index (χ1v) is 18.9. The van der Waals surface area contributed by atoms with Crippen molar-refractivity contribution in [2.24, 2.45) is 11.8 Å². The molecule has 2 aliphatic rings. The van der Waals surface area contributed by atoms with Crippen LogP contribution < -0.4 is 10.6 Å². The van der Waals surface area contributed by atoms with Crippen LogP contribution in [-0.4, -0.2) is 93.1 Å². The van der Waals surface area contributed by atoms with Crippen LogP contribution in [0.3, 0.4) is 0 Å². The van der Waals surface area contributed by atoms with Crippen molar-refractivity contribution in [3.63, 3.8) is 0 Å². The number of benzene rings is 2. The molecule has 4 heterocycles. The molecule has 2 aliphatic heterocycles. The highest BCUT2D eigenvalue weighted by Crippen LogP contribution is 2.35. The molecule has 2 aromatic heterocycles. The lowest BCUT2D eigenvalue weighted by Gasteiger charge is -2.29. The smallest absolute Gasteiger partial charge is 0.407 e. The molecule has 4 amide bonds. The van der Waals surface area contributed by atoms with Crippen molar-refractivity contribution in [3.8, 4) is 34.9 Å². The number of carbonyl (C=O) groups is 4. The minimum Gasteiger partial charge on any atom is -0.453 e. The number of likely N-dealkylation sites (tertiary alicyclic amines) is 2. The van der Waals surface area contributed by atoms with E-state index in [1.807, 2.05) is 70.3 Å². The number of methoxy groups -OCH3 is 2. The molecule has 4 atom stereocenters. The third-order valence-electron chi connectivity index (χ3n) is 10.3. The Balaban J connectivity index is 1.17. The highest BCUT2D eigenvalue weighted by Gasteiger charge is 2.39. The van der Waals surface area contributed by atoms with Crippen LogP contribution in [0.1, 0.15) is 88.4 Å². The van der Waals surface area contributed by atoms with E-state index in [0.29, 0.717) is 30.4 Å². The van der Waals surface area contributed by atoms with E-state index in [1.165, 1.54) is 14.2 Å². The van der Waals surface area contributed by atoms with E-state index in [0.717, 1.165) is 53.3 Å². The Morgan fingerprint density at radius 1 is 0.732 bits per heavy atom. The van der Waals surface area contributed by atoms with Crippen LogP contribution in [0.5, 0.6) is 0 Å². The fraction of sp³-hybridized carbons (Fsp3) is 0.429. The molecule has 14 heteroatoms. The van der Waals surface area contributed by atoms with Gasteiger partial charge in [0, 0.05) is 36.6 Å². The molecule has 0 bridgehead atoms. The lowest BCUT2D eigenvalue weighted by molar-refractivity contribution is -0.136. The summed E-state index contributed by atoms with van der Waals surface area (Å²) in [6.07, 6.45) is 5.43. The van der Waals surface area contributed by atoms with Gasteiger partial charge in [-0.2, -0.15) is 0 Å². The van der Waals surface area contributed by atoms with Crippen LogP contribution in [0.2, 0.25) is 0 Å². The summed E-state index contributed by atoms with van der Waals surface area (Å²) < 4.78 is 9.50. The second-order valence-corrected chi connectivity index (χ2v) is 14.6. The Hall–Kier alpha value is -6.28. The van der Waals surface area contributed by atoms with E-state index >= 15 is 0 Å². The number of aromatic amines is 2. The fourth-order valence-corrected chi connectivity index (χ4v) is 7.44. The number of imidazole rings is 2. The third kappa shape index (κ3) is 8.50. The van der Waals surface area contributed by atoms with E-state index in [-0.39, 0.29) is 35.7 Å². The first kappa shape index (κ1) is 39.4. The van der Waals surface area contributed by atoms with Crippen molar-refractivity contribution in [1.29, 1.82) is 0 Å². The Morgan fingerprint density at radius 2 is 1.27 bits per heavy atom. The first-order chi connectivity index (χ1) is 27.0. The number of alkyl carbamates (subject to hydrolysis) is 2. The standard InChI is InChI=1S/C42H48N8O6/c1-25(2)35(47-41(53)55-5)39(51)49-21-11-19-33(49)37-43-23-28(45-37)15-8-7-13-27-14-9-17-30-29(27)16-10-18-31(30)32-24-44-38(46-32)34-20-12-22-50(34)40(52)36(26(3)4)48-42(54)56-6/h9-10,14,16-18,23-26,33-36H,11-12,19-22H2,1-6H3,(H,43,45)(H,44,46)(H,47,53)(H,48,54)/t33-,34-,35-,36-/m0/s1. The van der Waals surface area contributed by atoms with Gasteiger partial charge in [0.05, 0.1) is 32.0 Å². The van der Waals surface area contributed by atoms with E-state index in [9.17, 15) is 19.2 Å². The number of ether oxygens (including phenoxy) is 2. The molecule has 0 unspecified atom stereocenters. The van der Waals surface area contributed by atoms with Gasteiger partial charge in [0.1, 0.15) is 29.4 Å². The molecular weight excluding hydrogens is 713 g/mol. The summed E-state index contributed by atoms with van der Waals surface area (Å²) in [4.78, 5) is 70.7. The Labute approximate surface area is 326 Å². The summed E-state index contributed by atoms with van der Waals surface area (Å²) >= 11 is 0. The van der Waals surface area contributed by atoms with Crippen LogP contribution in [0, 0.1) is 35.5 Å². The zero-order valence-electron chi connectivity index (χ0n) is 32.6. The van der Waals surface area contributed by atoms with Gasteiger partial charge in [-0.25, -0.2) is 19.6 Å². The summed E-state index contributed by atoms with van der Waals surface area (Å²) in [5.74, 6) is 12.9. The average molecular weight is 761 g/mol. The molecule has 0 saturated carbocycles. The van der Waals surface area contributed by atoms with Crippen LogP contribution in [0.15, 0.2) is 48.8 Å². The largest absolute Gasteiger partial charge is 0.453 e. The topological polar surface area (TPSA) is 175 Å². The van der Waals surface area contributed by atoms with Gasteiger partial charge in [0.25, 0.3) is 0 Å². The average Bonchev–Trinajstić information content (AvgIpc) is 4.03. The van der Waals surface area contributed by atoms with Gasteiger partial charge in [0.2, 0.25) is 11.8 Å². The molecule has 0 spiro atoms. The quantitative estimate of drug-likeness (QED) is 0.163. The van der Waals surface area contributed by atoms with Gasteiger partial charge >= 0.3 is 12.2 Å². The number of H-pyrrole nitrogens is 2. The lowest BCUT2D eigenvalue weighted by atomic mass is 9.99. The predicted molar refractivity (Wildman–Crippen MR) is 210 cm³/mol. The maximum atomic E-state index is 13.6. The van der Waals surface area contributed by atoms with Crippen LogP contribution >= 0.6 is 0 Å².